The van der Waals surface area contributed by atoms with Gasteiger partial charge in [-0.1, -0.05) is 36.4 Å². The first-order valence-corrected chi connectivity index (χ1v) is 14.6. The predicted octanol–water partition coefficient (Wildman–Crippen LogP) is 4.40. The van der Waals surface area contributed by atoms with E-state index in [-0.39, 0.29) is 16.8 Å². The van der Waals surface area contributed by atoms with E-state index in [4.69, 9.17) is 25.9 Å². The Morgan fingerprint density at radius 1 is 0.854 bits per heavy atom. The molecule has 3 aromatic carbocycles. The van der Waals surface area contributed by atoms with E-state index in [0.717, 1.165) is 0 Å². The molecule has 1 atom stereocenters. The van der Waals surface area contributed by atoms with Crippen LogP contribution in [0.3, 0.4) is 0 Å². The van der Waals surface area contributed by atoms with E-state index in [0.29, 0.717) is 48.2 Å². The van der Waals surface area contributed by atoms with Gasteiger partial charge in [0.1, 0.15) is 19.0 Å². The van der Waals surface area contributed by atoms with Crippen LogP contribution in [0.5, 0.6) is 5.75 Å². The number of ether oxygens (including phenoxy) is 1. The lowest BCUT2D eigenvalue weighted by Crippen LogP contribution is -2.35. The number of hydrogen-bond donors (Lipinski definition) is 4. The normalized spacial score (nSPS) is 12.8. The van der Waals surface area contributed by atoms with Crippen LogP contribution in [-0.4, -0.2) is 40.2 Å². The maximum absolute atomic E-state index is 14.1. The topological polar surface area (TPSA) is 166 Å². The second-order valence-corrected chi connectivity index (χ2v) is 10.4. The zero-order valence-electron chi connectivity index (χ0n) is 23.6. The summed E-state index contributed by atoms with van der Waals surface area (Å²) in [4.78, 5) is 10.3. The number of sulfonamides is 1. The minimum Gasteiger partial charge on any atom is -0.492 e. The van der Waals surface area contributed by atoms with Gasteiger partial charge in [-0.15, -0.1) is 0 Å². The molecule has 0 aliphatic rings. The van der Waals surface area contributed by atoms with Gasteiger partial charge < -0.3 is 36.5 Å². The number of nitrogens with one attached hydrogen (secondary N) is 2. The van der Waals surface area contributed by atoms with E-state index in [1.54, 1.807) is 87.5 Å². The highest BCUT2D eigenvalue weighted by Crippen LogP contribution is 2.41. The van der Waals surface area contributed by atoms with Crippen LogP contribution >= 0.6 is 0 Å². The van der Waals surface area contributed by atoms with E-state index in [1.165, 1.54) is 4.31 Å². The lowest BCUT2D eigenvalue weighted by Gasteiger charge is -2.33. The van der Waals surface area contributed by atoms with Gasteiger partial charge in [-0.25, -0.2) is 8.42 Å². The van der Waals surface area contributed by atoms with Gasteiger partial charge in [-0.3, -0.25) is 4.31 Å². The summed E-state index contributed by atoms with van der Waals surface area (Å²) in [6.45, 7) is 8.09. The molecule has 1 unspecified atom stereocenters. The standard InChI is InChI=1S/C28H37N7O5S/c1-5-38-25-19-21(31-27(29)33-39-6-2)18-24(26(25)32-28(30)34-40-7-3)20(4)35(22-14-10-8-11-15-22)41(36,37)23-16-12-9-13-17-23/h8-20H,5-7H2,1-4H3,(H3,29,31,33)(H3,30,32,34). The van der Waals surface area contributed by atoms with Crippen molar-refractivity contribution in [3.05, 3.63) is 78.4 Å². The molecule has 3 rings (SSSR count). The number of anilines is 3. The Morgan fingerprint density at radius 2 is 1.41 bits per heavy atom. The van der Waals surface area contributed by atoms with E-state index in [2.05, 4.69) is 20.9 Å². The Labute approximate surface area is 241 Å². The van der Waals surface area contributed by atoms with Crippen LogP contribution in [0.1, 0.15) is 39.3 Å². The van der Waals surface area contributed by atoms with Gasteiger partial charge in [0.2, 0.25) is 11.9 Å². The highest BCUT2D eigenvalue weighted by atomic mass is 32.2. The fourth-order valence-electron chi connectivity index (χ4n) is 4.01. The number of nitrogens with zero attached hydrogens (tertiary/aromatic N) is 3. The van der Waals surface area contributed by atoms with E-state index >= 15 is 0 Å². The predicted molar refractivity (Wildman–Crippen MR) is 162 cm³/mol. The third-order valence-electron chi connectivity index (χ3n) is 5.65. The molecule has 0 saturated heterocycles. The van der Waals surface area contributed by atoms with Crippen molar-refractivity contribution in [1.29, 1.82) is 0 Å². The SMILES string of the molecule is CCON=C(N)Nc1cc(OCC)c(NC(N)=NOCC)c(C(C)N(c2ccccc2)S(=O)(=O)c2ccccc2)c1. The first kappa shape index (κ1) is 30.9. The van der Waals surface area contributed by atoms with Crippen LogP contribution in [0.15, 0.2) is 88.0 Å². The summed E-state index contributed by atoms with van der Waals surface area (Å²) in [7, 11) is -4.04. The maximum Gasteiger partial charge on any atom is 0.264 e. The summed E-state index contributed by atoms with van der Waals surface area (Å²) in [6.07, 6.45) is 0. The van der Waals surface area contributed by atoms with Crippen LogP contribution in [-0.2, 0) is 19.7 Å². The van der Waals surface area contributed by atoms with Gasteiger partial charge in [-0.2, -0.15) is 0 Å². The molecule has 6 N–H and O–H groups in total. The molecule has 0 aliphatic heterocycles. The number of benzene rings is 3. The van der Waals surface area contributed by atoms with E-state index in [1.807, 2.05) is 13.0 Å². The van der Waals surface area contributed by atoms with Gasteiger partial charge in [0.15, 0.2) is 0 Å². The molecule has 220 valence electrons. The molecular formula is C28H37N7O5S. The van der Waals surface area contributed by atoms with Crippen molar-refractivity contribution in [2.45, 2.75) is 38.6 Å². The smallest absolute Gasteiger partial charge is 0.264 e. The lowest BCUT2D eigenvalue weighted by molar-refractivity contribution is 0.158. The average molecular weight is 584 g/mol. The number of para-hydroxylation sites is 1. The fraction of sp³-hybridized carbons (Fsp3) is 0.286. The van der Waals surface area contributed by atoms with Crippen molar-refractivity contribution in [3.8, 4) is 5.75 Å². The fourth-order valence-corrected chi connectivity index (χ4v) is 5.67. The maximum atomic E-state index is 14.1. The number of nitrogens with two attached hydrogens (primary N) is 2. The van der Waals surface area contributed by atoms with Gasteiger partial charge >= 0.3 is 0 Å². The second-order valence-electron chi connectivity index (χ2n) is 8.54. The Balaban J connectivity index is 2.27. The summed E-state index contributed by atoms with van der Waals surface area (Å²) < 4.78 is 35.6. The zero-order valence-corrected chi connectivity index (χ0v) is 24.4. The molecule has 0 fully saturated rings. The Hall–Kier alpha value is -4.65. The molecule has 0 spiro atoms. The van der Waals surface area contributed by atoms with Crippen LogP contribution in [0, 0.1) is 0 Å². The Bertz CT molecular complexity index is 1430. The summed E-state index contributed by atoms with van der Waals surface area (Å²) in [5, 5.41) is 13.7. The van der Waals surface area contributed by atoms with E-state index < -0.39 is 16.1 Å². The Kier molecular flexibility index (Phi) is 11.0. The Morgan fingerprint density at radius 3 is 1.98 bits per heavy atom. The highest BCUT2D eigenvalue weighted by molar-refractivity contribution is 7.92. The van der Waals surface area contributed by atoms with E-state index in [9.17, 15) is 8.42 Å². The molecule has 12 nitrogen and oxygen atoms in total. The van der Waals surface area contributed by atoms with Crippen molar-refractivity contribution in [1.82, 2.24) is 0 Å². The van der Waals surface area contributed by atoms with Crippen LogP contribution in [0.2, 0.25) is 0 Å². The molecule has 0 saturated carbocycles. The number of oxime groups is 2. The second kappa shape index (κ2) is 14.7. The van der Waals surface area contributed by atoms with Crippen LogP contribution < -0.4 is 31.1 Å². The third-order valence-corrected chi connectivity index (χ3v) is 7.57. The molecule has 0 radical (unpaired) electrons. The molecule has 3 aromatic rings. The monoisotopic (exact) mass is 583 g/mol. The molecule has 0 aliphatic carbocycles. The van der Waals surface area contributed by atoms with Gasteiger partial charge in [0.25, 0.3) is 10.0 Å². The van der Waals surface area contributed by atoms with Gasteiger partial charge in [0.05, 0.1) is 28.9 Å². The molecule has 0 bridgehead atoms. The largest absolute Gasteiger partial charge is 0.492 e. The van der Waals surface area contributed by atoms with Gasteiger partial charge in [0, 0.05) is 17.3 Å². The number of hydrogen-bond acceptors (Lipinski definition) is 7. The minimum absolute atomic E-state index is 0.00264. The average Bonchev–Trinajstić information content (AvgIpc) is 2.97. The highest BCUT2D eigenvalue weighted by Gasteiger charge is 2.33. The van der Waals surface area contributed by atoms with Crippen molar-refractivity contribution >= 4 is 39.0 Å². The summed E-state index contributed by atoms with van der Waals surface area (Å²) >= 11 is 0. The zero-order chi connectivity index (χ0) is 29.8. The third kappa shape index (κ3) is 7.94. The minimum atomic E-state index is -4.04. The van der Waals surface area contributed by atoms with Crippen LogP contribution in [0.4, 0.5) is 17.1 Å². The molecule has 0 aromatic heterocycles. The van der Waals surface area contributed by atoms with Crippen molar-refractivity contribution < 1.29 is 22.8 Å². The summed E-state index contributed by atoms with van der Waals surface area (Å²) in [5.41, 5.74) is 14.0. The molecule has 41 heavy (non-hydrogen) atoms. The molecule has 13 heteroatoms. The molecule has 0 amide bonds. The van der Waals surface area contributed by atoms with Crippen molar-refractivity contribution in [2.24, 2.45) is 21.8 Å². The first-order chi connectivity index (χ1) is 19.7. The first-order valence-electron chi connectivity index (χ1n) is 13.1. The number of rotatable bonds is 13. The van der Waals surface area contributed by atoms with Crippen molar-refractivity contribution in [3.63, 3.8) is 0 Å². The quantitative estimate of drug-likeness (QED) is 0.130. The molecular weight excluding hydrogens is 546 g/mol. The van der Waals surface area contributed by atoms with Crippen molar-refractivity contribution in [2.75, 3.05) is 34.8 Å². The van der Waals surface area contributed by atoms with Crippen LogP contribution in [0.25, 0.3) is 0 Å². The number of guanidine groups is 2. The van der Waals surface area contributed by atoms with Gasteiger partial charge in [-0.05, 0) is 68.3 Å². The summed E-state index contributed by atoms with van der Waals surface area (Å²) in [6, 6.07) is 19.7. The summed E-state index contributed by atoms with van der Waals surface area (Å²) in [5.74, 6) is 0.322. The lowest BCUT2D eigenvalue weighted by atomic mass is 10.0. The molecule has 0 heterocycles.